The van der Waals surface area contributed by atoms with Crippen LogP contribution in [0.25, 0.3) is 5.69 Å². The van der Waals surface area contributed by atoms with Gasteiger partial charge in [0.1, 0.15) is 5.82 Å². The highest BCUT2D eigenvalue weighted by atomic mass is 16.3. The molecular weight excluding hydrogens is 312 g/mol. The van der Waals surface area contributed by atoms with Gasteiger partial charge in [-0.05, 0) is 45.4 Å². The summed E-state index contributed by atoms with van der Waals surface area (Å²) in [7, 11) is 2.18. The number of piperidine rings is 1. The maximum Gasteiger partial charge on any atom is 0.110 e. The van der Waals surface area contributed by atoms with Gasteiger partial charge in [0.15, 0.2) is 0 Å². The van der Waals surface area contributed by atoms with Crippen LogP contribution < -0.4 is 0 Å². The van der Waals surface area contributed by atoms with Crippen molar-refractivity contribution in [1.82, 2.24) is 19.4 Å². The number of aliphatic hydroxyl groups is 1. The Morgan fingerprint density at radius 3 is 2.60 bits per heavy atom. The van der Waals surface area contributed by atoms with Crippen LogP contribution in [0.2, 0.25) is 0 Å². The topological polar surface area (TPSA) is 44.5 Å². The first-order valence-corrected chi connectivity index (χ1v) is 9.31. The molecule has 5 nitrogen and oxygen atoms in total. The number of aromatic nitrogens is 2. The van der Waals surface area contributed by atoms with Crippen molar-refractivity contribution in [2.24, 2.45) is 0 Å². The molecule has 5 heteroatoms. The number of likely N-dealkylation sites (tertiary alicyclic amines) is 1. The summed E-state index contributed by atoms with van der Waals surface area (Å²) in [6, 6.07) is 11.1. The molecular formula is C20H30N4O. The third-order valence-electron chi connectivity index (χ3n) is 5.26. The molecule has 0 unspecified atom stereocenters. The van der Waals surface area contributed by atoms with Crippen LogP contribution >= 0.6 is 0 Å². The lowest BCUT2D eigenvalue weighted by Crippen LogP contribution is -2.43. The minimum absolute atomic E-state index is 0.284. The largest absolute Gasteiger partial charge is 0.396 e. The smallest absolute Gasteiger partial charge is 0.110 e. The molecule has 25 heavy (non-hydrogen) atoms. The van der Waals surface area contributed by atoms with Crippen LogP contribution in [0.15, 0.2) is 36.5 Å². The monoisotopic (exact) mass is 342 g/mol. The van der Waals surface area contributed by atoms with Gasteiger partial charge in [-0.1, -0.05) is 18.2 Å². The van der Waals surface area contributed by atoms with E-state index in [4.69, 9.17) is 5.11 Å². The highest BCUT2D eigenvalue weighted by molar-refractivity contribution is 5.35. The highest BCUT2D eigenvalue weighted by Gasteiger charge is 2.23. The number of aliphatic hydroxyl groups excluding tert-OH is 1. The summed E-state index contributed by atoms with van der Waals surface area (Å²) in [5.74, 6) is 1.04. The molecule has 0 saturated carbocycles. The van der Waals surface area contributed by atoms with E-state index in [0.717, 1.165) is 38.4 Å². The summed E-state index contributed by atoms with van der Waals surface area (Å²) < 4.78 is 2.26. The lowest BCUT2D eigenvalue weighted by Gasteiger charge is -2.36. The summed E-state index contributed by atoms with van der Waals surface area (Å²) in [6.07, 6.45) is 5.27. The molecule has 2 aromatic rings. The molecule has 1 aliphatic heterocycles. The van der Waals surface area contributed by atoms with E-state index in [2.05, 4.69) is 57.6 Å². The number of hydrogen-bond donors (Lipinski definition) is 1. The van der Waals surface area contributed by atoms with Crippen LogP contribution in [-0.2, 0) is 6.54 Å². The molecule has 0 radical (unpaired) electrons. The van der Waals surface area contributed by atoms with Gasteiger partial charge in [-0.2, -0.15) is 0 Å². The Morgan fingerprint density at radius 2 is 1.92 bits per heavy atom. The zero-order chi connectivity index (χ0) is 17.6. The zero-order valence-corrected chi connectivity index (χ0v) is 15.4. The normalized spacial score (nSPS) is 16.6. The van der Waals surface area contributed by atoms with Crippen LogP contribution in [0.1, 0.15) is 30.8 Å². The van der Waals surface area contributed by atoms with E-state index in [1.807, 2.05) is 12.3 Å². The third kappa shape index (κ3) is 4.48. The van der Waals surface area contributed by atoms with E-state index >= 15 is 0 Å². The zero-order valence-electron chi connectivity index (χ0n) is 15.4. The Balaban J connectivity index is 1.60. The van der Waals surface area contributed by atoms with Crippen molar-refractivity contribution in [3.05, 3.63) is 48.0 Å². The number of nitrogens with zero attached hydrogens (tertiary/aromatic N) is 4. The van der Waals surface area contributed by atoms with E-state index in [1.165, 1.54) is 24.2 Å². The molecule has 0 bridgehead atoms. The number of rotatable bonds is 7. The Morgan fingerprint density at radius 1 is 1.20 bits per heavy atom. The first-order valence-electron chi connectivity index (χ1n) is 9.31. The van der Waals surface area contributed by atoms with E-state index in [1.54, 1.807) is 0 Å². The lowest BCUT2D eigenvalue weighted by atomic mass is 10.0. The van der Waals surface area contributed by atoms with Crippen LogP contribution in [-0.4, -0.2) is 63.8 Å². The summed E-state index contributed by atoms with van der Waals surface area (Å²) >= 11 is 0. The average Bonchev–Trinajstić information content (AvgIpc) is 3.01. The third-order valence-corrected chi connectivity index (χ3v) is 5.26. The predicted molar refractivity (Wildman–Crippen MR) is 101 cm³/mol. The van der Waals surface area contributed by atoms with Gasteiger partial charge in [0, 0.05) is 44.5 Å². The first-order chi connectivity index (χ1) is 12.2. The Labute approximate surface area is 150 Å². The minimum Gasteiger partial charge on any atom is -0.396 e. The van der Waals surface area contributed by atoms with E-state index in [0.29, 0.717) is 6.04 Å². The van der Waals surface area contributed by atoms with Crippen LogP contribution in [0, 0.1) is 6.92 Å². The van der Waals surface area contributed by atoms with Crippen molar-refractivity contribution < 1.29 is 5.11 Å². The fraction of sp³-hybridized carbons (Fsp3) is 0.550. The molecule has 1 fully saturated rings. The Bertz CT molecular complexity index is 647. The maximum atomic E-state index is 9.00. The van der Waals surface area contributed by atoms with Crippen LogP contribution in [0.3, 0.4) is 0 Å². The molecule has 0 spiro atoms. The number of aryl methyl sites for hydroxylation is 1. The van der Waals surface area contributed by atoms with Crippen LogP contribution in [0.5, 0.6) is 0 Å². The summed E-state index contributed by atoms with van der Waals surface area (Å²) in [6.45, 7) is 6.52. The second-order valence-electron chi connectivity index (χ2n) is 7.03. The van der Waals surface area contributed by atoms with Crippen molar-refractivity contribution in [3.63, 3.8) is 0 Å². The Kier molecular flexibility index (Phi) is 6.24. The minimum atomic E-state index is 0.284. The summed E-state index contributed by atoms with van der Waals surface area (Å²) in [4.78, 5) is 9.48. The summed E-state index contributed by atoms with van der Waals surface area (Å²) in [5, 5.41) is 9.00. The van der Waals surface area contributed by atoms with Gasteiger partial charge in [-0.3, -0.25) is 9.47 Å². The number of imidazole rings is 1. The van der Waals surface area contributed by atoms with E-state index < -0.39 is 0 Å². The molecule has 1 aromatic heterocycles. The second kappa shape index (κ2) is 8.61. The highest BCUT2D eigenvalue weighted by Crippen LogP contribution is 2.20. The molecule has 0 amide bonds. The van der Waals surface area contributed by atoms with Gasteiger partial charge in [-0.15, -0.1) is 0 Å². The molecule has 1 N–H and O–H groups in total. The van der Waals surface area contributed by atoms with Crippen LogP contribution in [0.4, 0.5) is 0 Å². The number of para-hydroxylation sites is 1. The average molecular weight is 342 g/mol. The standard InChI is InChI=1S/C20H30N4O/c1-17-21-15-20(24(17)19-7-4-3-5-8-19)16-23-12-9-18(10-13-23)22(2)11-6-14-25/h3-5,7-8,15,18,25H,6,9-14,16H2,1-2H3. The second-order valence-corrected chi connectivity index (χ2v) is 7.03. The van der Waals surface area contributed by atoms with Crippen molar-refractivity contribution in [2.45, 2.75) is 38.8 Å². The molecule has 2 heterocycles. The SMILES string of the molecule is Cc1ncc(CN2CCC(N(C)CCCO)CC2)n1-c1ccccc1. The lowest BCUT2D eigenvalue weighted by molar-refractivity contribution is 0.116. The van der Waals surface area contributed by atoms with Gasteiger partial charge >= 0.3 is 0 Å². The van der Waals surface area contributed by atoms with Crippen molar-refractivity contribution in [2.75, 3.05) is 33.3 Å². The van der Waals surface area contributed by atoms with Gasteiger partial charge in [0.05, 0.1) is 11.9 Å². The van der Waals surface area contributed by atoms with Gasteiger partial charge < -0.3 is 10.0 Å². The number of benzene rings is 1. The maximum absolute atomic E-state index is 9.00. The fourth-order valence-electron chi connectivity index (χ4n) is 3.78. The predicted octanol–water partition coefficient (Wildman–Crippen LogP) is 2.46. The van der Waals surface area contributed by atoms with Gasteiger partial charge in [-0.25, -0.2) is 4.98 Å². The molecule has 0 aliphatic carbocycles. The van der Waals surface area contributed by atoms with E-state index in [9.17, 15) is 0 Å². The first kappa shape index (κ1) is 18.1. The quantitative estimate of drug-likeness (QED) is 0.839. The van der Waals surface area contributed by atoms with E-state index in [-0.39, 0.29) is 6.61 Å². The van der Waals surface area contributed by atoms with Crippen molar-refractivity contribution in [3.8, 4) is 5.69 Å². The molecule has 1 aromatic carbocycles. The fourth-order valence-corrected chi connectivity index (χ4v) is 3.78. The van der Waals surface area contributed by atoms with Crippen molar-refractivity contribution in [1.29, 1.82) is 0 Å². The molecule has 1 aliphatic rings. The summed E-state index contributed by atoms with van der Waals surface area (Å²) in [5.41, 5.74) is 2.45. The van der Waals surface area contributed by atoms with Crippen molar-refractivity contribution >= 4 is 0 Å². The molecule has 0 atom stereocenters. The van der Waals surface area contributed by atoms with Gasteiger partial charge in [0.2, 0.25) is 0 Å². The van der Waals surface area contributed by atoms with Gasteiger partial charge in [0.25, 0.3) is 0 Å². The Hall–Kier alpha value is -1.69. The number of hydrogen-bond acceptors (Lipinski definition) is 4. The molecule has 136 valence electrons. The molecule has 1 saturated heterocycles. The molecule has 3 rings (SSSR count).